The molecule has 2 fully saturated rings. The zero-order chi connectivity index (χ0) is 21.4. The molecule has 0 aliphatic carbocycles. The molecule has 0 N–H and O–H groups in total. The number of hydrogen-bond donors (Lipinski definition) is 0. The van der Waals surface area contributed by atoms with Gasteiger partial charge in [0.05, 0.1) is 0 Å². The lowest BCUT2D eigenvalue weighted by Gasteiger charge is -2.37. The molecule has 4 rings (SSSR count). The highest BCUT2D eigenvalue weighted by Gasteiger charge is 2.51. The van der Waals surface area contributed by atoms with Gasteiger partial charge in [-0.3, -0.25) is 4.79 Å². The Morgan fingerprint density at radius 1 is 1.27 bits per heavy atom. The predicted octanol–water partition coefficient (Wildman–Crippen LogP) is 3.23. The van der Waals surface area contributed by atoms with Crippen molar-refractivity contribution in [3.05, 3.63) is 42.0 Å². The molecule has 1 aromatic heterocycles. The van der Waals surface area contributed by atoms with Crippen LogP contribution in [0.5, 0.6) is 5.75 Å². The van der Waals surface area contributed by atoms with Crippen LogP contribution in [0.2, 0.25) is 0 Å². The minimum atomic E-state index is -4.77. The lowest BCUT2D eigenvalue weighted by atomic mass is 9.71. The summed E-state index contributed by atoms with van der Waals surface area (Å²) in [6.07, 6.45) is -1.43. The van der Waals surface area contributed by atoms with Crippen LogP contribution in [0, 0.1) is 5.41 Å². The van der Waals surface area contributed by atoms with Crippen LogP contribution in [0.1, 0.15) is 41.9 Å². The molecule has 2 aliphatic heterocycles. The van der Waals surface area contributed by atoms with Gasteiger partial charge in [0.1, 0.15) is 17.9 Å². The predicted molar refractivity (Wildman–Crippen MR) is 100.0 cm³/mol. The maximum absolute atomic E-state index is 13.1. The lowest BCUT2D eigenvalue weighted by Crippen LogP contribution is -2.37. The molecular weight excluding hydrogens is 401 g/mol. The van der Waals surface area contributed by atoms with Crippen LogP contribution in [0.15, 0.2) is 30.6 Å². The monoisotopic (exact) mass is 424 g/mol. The van der Waals surface area contributed by atoms with E-state index in [9.17, 15) is 18.0 Å². The van der Waals surface area contributed by atoms with Crippen LogP contribution in [-0.2, 0) is 11.3 Å². The van der Waals surface area contributed by atoms with Gasteiger partial charge >= 0.3 is 6.36 Å². The van der Waals surface area contributed by atoms with Crippen LogP contribution >= 0.6 is 0 Å². The summed E-state index contributed by atoms with van der Waals surface area (Å²) in [5, 5.41) is 8.40. The molecule has 7 nitrogen and oxygen atoms in total. The van der Waals surface area contributed by atoms with Gasteiger partial charge in [-0.25, -0.2) is 0 Å². The minimum absolute atomic E-state index is 0.0284. The van der Waals surface area contributed by atoms with Crippen molar-refractivity contribution in [3.63, 3.8) is 0 Å². The van der Waals surface area contributed by atoms with Crippen molar-refractivity contribution >= 4 is 5.91 Å². The highest BCUT2D eigenvalue weighted by Crippen LogP contribution is 2.49. The van der Waals surface area contributed by atoms with Gasteiger partial charge in [-0.2, -0.15) is 0 Å². The summed E-state index contributed by atoms with van der Waals surface area (Å²) in [5.41, 5.74) is 0.178. The molecule has 10 heteroatoms. The zero-order valence-corrected chi connectivity index (χ0v) is 16.6. The maximum atomic E-state index is 13.1. The Kier molecular flexibility index (Phi) is 5.44. The molecular formula is C20H23F3N4O3. The summed E-state index contributed by atoms with van der Waals surface area (Å²) < 4.78 is 48.5. The van der Waals surface area contributed by atoms with E-state index in [1.165, 1.54) is 12.1 Å². The second-order valence-electron chi connectivity index (χ2n) is 7.76. The molecule has 1 atom stereocenters. The van der Waals surface area contributed by atoms with Crippen LogP contribution in [0.4, 0.5) is 13.2 Å². The number of likely N-dealkylation sites (tertiary alicyclic amines) is 1. The van der Waals surface area contributed by atoms with E-state index < -0.39 is 6.36 Å². The molecule has 1 unspecified atom stereocenters. The number of amides is 1. The number of carbonyl (C=O) groups excluding carboxylic acids is 1. The third kappa shape index (κ3) is 4.00. The number of ether oxygens (including phenoxy) is 2. The molecule has 0 bridgehead atoms. The Hall–Kier alpha value is -2.62. The number of carbonyl (C=O) groups is 1. The number of aryl methyl sites for hydroxylation is 1. The van der Waals surface area contributed by atoms with Gasteiger partial charge in [-0.1, -0.05) is 0 Å². The number of hydrogen-bond acceptors (Lipinski definition) is 5. The highest BCUT2D eigenvalue weighted by molar-refractivity contribution is 5.94. The SMILES string of the molecule is CCn1cnnc1C1CN(C(=O)c2ccc(OC(F)(F)F)cc2)CC12CCOCC2. The van der Waals surface area contributed by atoms with Gasteiger partial charge in [0.15, 0.2) is 0 Å². The number of benzene rings is 1. The lowest BCUT2D eigenvalue weighted by molar-refractivity contribution is -0.274. The van der Waals surface area contributed by atoms with E-state index in [-0.39, 0.29) is 23.0 Å². The molecule has 1 spiro atoms. The summed E-state index contributed by atoms with van der Waals surface area (Å²) in [5.74, 6) is 0.323. The van der Waals surface area contributed by atoms with E-state index in [1.807, 2.05) is 11.5 Å². The Morgan fingerprint density at radius 3 is 2.60 bits per heavy atom. The molecule has 3 heterocycles. The van der Waals surface area contributed by atoms with Crippen molar-refractivity contribution in [2.75, 3.05) is 26.3 Å². The molecule has 2 saturated heterocycles. The van der Waals surface area contributed by atoms with Crippen molar-refractivity contribution in [2.24, 2.45) is 5.41 Å². The summed E-state index contributed by atoms with van der Waals surface area (Å²) >= 11 is 0. The number of aromatic nitrogens is 3. The van der Waals surface area contributed by atoms with Gasteiger partial charge in [-0.15, -0.1) is 23.4 Å². The molecule has 30 heavy (non-hydrogen) atoms. The number of halogens is 3. The Balaban J connectivity index is 1.57. The fourth-order valence-electron chi connectivity index (χ4n) is 4.52. The number of nitrogens with zero attached hydrogens (tertiary/aromatic N) is 4. The van der Waals surface area contributed by atoms with Crippen molar-refractivity contribution in [1.29, 1.82) is 0 Å². The second kappa shape index (κ2) is 7.90. The smallest absolute Gasteiger partial charge is 0.406 e. The van der Waals surface area contributed by atoms with E-state index in [0.29, 0.717) is 31.9 Å². The number of alkyl halides is 3. The standard InChI is InChI=1S/C20H23F3N4O3/c1-2-26-13-24-25-17(26)16-11-27(12-19(16)7-9-29-10-8-19)18(28)14-3-5-15(6-4-14)30-20(21,22)23/h3-6,13,16H,2,7-12H2,1H3. The fourth-order valence-corrected chi connectivity index (χ4v) is 4.52. The summed E-state index contributed by atoms with van der Waals surface area (Å²) in [6, 6.07) is 5.04. The first-order valence-electron chi connectivity index (χ1n) is 9.92. The fraction of sp³-hybridized carbons (Fsp3) is 0.550. The van der Waals surface area contributed by atoms with E-state index in [0.717, 1.165) is 37.3 Å². The molecule has 0 radical (unpaired) electrons. The van der Waals surface area contributed by atoms with E-state index in [1.54, 1.807) is 11.2 Å². The van der Waals surface area contributed by atoms with Crippen molar-refractivity contribution in [3.8, 4) is 5.75 Å². The third-order valence-electron chi connectivity index (χ3n) is 6.06. The largest absolute Gasteiger partial charge is 0.573 e. The van der Waals surface area contributed by atoms with Crippen LogP contribution in [-0.4, -0.2) is 58.2 Å². The summed E-state index contributed by atoms with van der Waals surface area (Å²) in [7, 11) is 0. The second-order valence-corrected chi connectivity index (χ2v) is 7.76. The zero-order valence-electron chi connectivity index (χ0n) is 16.6. The average Bonchev–Trinajstić information content (AvgIpc) is 3.32. The van der Waals surface area contributed by atoms with Crippen LogP contribution in [0.25, 0.3) is 0 Å². The van der Waals surface area contributed by atoms with Crippen LogP contribution < -0.4 is 4.74 Å². The average molecular weight is 424 g/mol. The van der Waals surface area contributed by atoms with Crippen molar-refractivity contribution < 1.29 is 27.4 Å². The first-order chi connectivity index (χ1) is 14.3. The van der Waals surface area contributed by atoms with Gasteiger partial charge in [-0.05, 0) is 44.0 Å². The Labute approximate surface area is 171 Å². The molecule has 0 saturated carbocycles. The normalized spacial score (nSPS) is 21.2. The van der Waals surface area contributed by atoms with E-state index in [4.69, 9.17) is 4.74 Å². The topological polar surface area (TPSA) is 69.5 Å². The summed E-state index contributed by atoms with van der Waals surface area (Å²) in [6.45, 7) is 5.05. The molecule has 2 aromatic rings. The summed E-state index contributed by atoms with van der Waals surface area (Å²) in [4.78, 5) is 14.9. The third-order valence-corrected chi connectivity index (χ3v) is 6.06. The van der Waals surface area contributed by atoms with Crippen molar-refractivity contribution in [1.82, 2.24) is 19.7 Å². The number of rotatable bonds is 4. The van der Waals surface area contributed by atoms with Gasteiger partial charge in [0.2, 0.25) is 0 Å². The van der Waals surface area contributed by atoms with Crippen LogP contribution in [0.3, 0.4) is 0 Å². The quantitative estimate of drug-likeness (QED) is 0.754. The Bertz CT molecular complexity index is 891. The van der Waals surface area contributed by atoms with Gasteiger partial charge < -0.3 is 18.9 Å². The Morgan fingerprint density at radius 2 is 1.97 bits per heavy atom. The molecule has 1 amide bonds. The van der Waals surface area contributed by atoms with E-state index >= 15 is 0 Å². The first kappa shape index (κ1) is 20.6. The maximum Gasteiger partial charge on any atom is 0.573 e. The molecule has 1 aromatic carbocycles. The van der Waals surface area contributed by atoms with E-state index in [2.05, 4.69) is 14.9 Å². The first-order valence-corrected chi connectivity index (χ1v) is 9.92. The van der Waals surface area contributed by atoms with Crippen molar-refractivity contribution in [2.45, 2.75) is 38.6 Å². The van der Waals surface area contributed by atoms with Gasteiger partial charge in [0, 0.05) is 49.7 Å². The van der Waals surface area contributed by atoms with Gasteiger partial charge in [0.25, 0.3) is 5.91 Å². The molecule has 162 valence electrons. The molecule has 2 aliphatic rings. The minimum Gasteiger partial charge on any atom is -0.406 e. The highest BCUT2D eigenvalue weighted by atomic mass is 19.4.